The highest BCUT2D eigenvalue weighted by atomic mass is 16.1. The van der Waals surface area contributed by atoms with Gasteiger partial charge >= 0.3 is 0 Å². The molecular formula is C14H15N3O. The Labute approximate surface area is 106 Å². The first-order valence-corrected chi connectivity index (χ1v) is 5.70. The molecular weight excluding hydrogens is 226 g/mol. The Morgan fingerprint density at radius 2 is 2.17 bits per heavy atom. The summed E-state index contributed by atoms with van der Waals surface area (Å²) in [5, 5.41) is 2.82. The molecule has 0 aliphatic heterocycles. The van der Waals surface area contributed by atoms with E-state index in [-0.39, 0.29) is 5.91 Å². The first kappa shape index (κ1) is 12.1. The second-order valence-electron chi connectivity index (χ2n) is 4.08. The van der Waals surface area contributed by atoms with Gasteiger partial charge in [-0.2, -0.15) is 0 Å². The predicted octanol–water partition coefficient (Wildman–Crippen LogP) is 1.90. The molecule has 0 aliphatic carbocycles. The molecule has 2 rings (SSSR count). The molecule has 1 aromatic heterocycles. The lowest BCUT2D eigenvalue weighted by atomic mass is 10.1. The van der Waals surface area contributed by atoms with Gasteiger partial charge in [0.05, 0.1) is 5.56 Å². The average molecular weight is 241 g/mol. The van der Waals surface area contributed by atoms with Gasteiger partial charge < -0.3 is 11.1 Å². The SMILES string of the molecule is Cc1cccc(C(=O)NCc2cccnc2)c1N. The second kappa shape index (κ2) is 5.31. The van der Waals surface area contributed by atoms with Crippen LogP contribution in [0.15, 0.2) is 42.7 Å². The summed E-state index contributed by atoms with van der Waals surface area (Å²) in [6.07, 6.45) is 3.42. The zero-order valence-electron chi connectivity index (χ0n) is 10.2. The number of aryl methyl sites for hydroxylation is 1. The summed E-state index contributed by atoms with van der Waals surface area (Å²) in [5.74, 6) is -0.167. The molecule has 4 nitrogen and oxygen atoms in total. The highest BCUT2D eigenvalue weighted by Crippen LogP contribution is 2.16. The van der Waals surface area contributed by atoms with E-state index in [0.29, 0.717) is 17.8 Å². The van der Waals surface area contributed by atoms with Gasteiger partial charge in [0.25, 0.3) is 5.91 Å². The van der Waals surface area contributed by atoms with Crippen molar-refractivity contribution in [3.05, 3.63) is 59.4 Å². The number of nitrogens with two attached hydrogens (primary N) is 1. The minimum Gasteiger partial charge on any atom is -0.398 e. The molecule has 0 aliphatic rings. The lowest BCUT2D eigenvalue weighted by Crippen LogP contribution is -2.24. The number of carbonyl (C=O) groups is 1. The topological polar surface area (TPSA) is 68.0 Å². The third-order valence-electron chi connectivity index (χ3n) is 2.74. The number of nitrogens with one attached hydrogen (secondary N) is 1. The molecule has 0 radical (unpaired) electrons. The Balaban J connectivity index is 2.07. The maximum absolute atomic E-state index is 12.0. The zero-order valence-corrected chi connectivity index (χ0v) is 10.2. The number of rotatable bonds is 3. The number of amides is 1. The van der Waals surface area contributed by atoms with E-state index in [1.165, 1.54) is 0 Å². The standard InChI is InChI=1S/C14H15N3O/c1-10-4-2-6-12(13(10)15)14(18)17-9-11-5-3-7-16-8-11/h2-8H,9,15H2,1H3,(H,17,18). The van der Waals surface area contributed by atoms with E-state index in [1.807, 2.05) is 31.2 Å². The lowest BCUT2D eigenvalue weighted by molar-refractivity contribution is 0.0951. The summed E-state index contributed by atoms with van der Waals surface area (Å²) in [5.41, 5.74) is 8.78. The fourth-order valence-corrected chi connectivity index (χ4v) is 1.66. The van der Waals surface area contributed by atoms with Crippen molar-refractivity contribution in [2.24, 2.45) is 0 Å². The molecule has 0 spiro atoms. The number of hydrogen-bond acceptors (Lipinski definition) is 3. The molecule has 18 heavy (non-hydrogen) atoms. The van der Waals surface area contributed by atoms with E-state index in [0.717, 1.165) is 11.1 Å². The van der Waals surface area contributed by atoms with Gasteiger partial charge in [-0.3, -0.25) is 9.78 Å². The normalized spacial score (nSPS) is 10.1. The summed E-state index contributed by atoms with van der Waals surface area (Å²) in [6, 6.07) is 9.17. The Bertz CT molecular complexity index is 552. The molecule has 0 unspecified atom stereocenters. The summed E-state index contributed by atoms with van der Waals surface area (Å²) in [4.78, 5) is 16.0. The van der Waals surface area contributed by atoms with Crippen molar-refractivity contribution in [2.45, 2.75) is 13.5 Å². The number of nitrogen functional groups attached to an aromatic ring is 1. The maximum atomic E-state index is 12.0. The van der Waals surface area contributed by atoms with Crippen LogP contribution in [0.4, 0.5) is 5.69 Å². The van der Waals surface area contributed by atoms with Crippen LogP contribution in [0.25, 0.3) is 0 Å². The molecule has 1 heterocycles. The van der Waals surface area contributed by atoms with Gasteiger partial charge in [-0.1, -0.05) is 18.2 Å². The van der Waals surface area contributed by atoms with Gasteiger partial charge in [0, 0.05) is 24.6 Å². The lowest BCUT2D eigenvalue weighted by Gasteiger charge is -2.09. The first-order chi connectivity index (χ1) is 8.68. The molecule has 4 heteroatoms. The van der Waals surface area contributed by atoms with E-state index < -0.39 is 0 Å². The number of anilines is 1. The fourth-order valence-electron chi connectivity index (χ4n) is 1.66. The van der Waals surface area contributed by atoms with E-state index in [9.17, 15) is 4.79 Å². The molecule has 2 aromatic rings. The third-order valence-corrected chi connectivity index (χ3v) is 2.74. The molecule has 0 fully saturated rings. The second-order valence-corrected chi connectivity index (χ2v) is 4.08. The Morgan fingerprint density at radius 3 is 2.89 bits per heavy atom. The quantitative estimate of drug-likeness (QED) is 0.806. The molecule has 3 N–H and O–H groups in total. The number of hydrogen-bond donors (Lipinski definition) is 2. The van der Waals surface area contributed by atoms with Crippen molar-refractivity contribution in [2.75, 3.05) is 5.73 Å². The Kier molecular flexibility index (Phi) is 3.57. The smallest absolute Gasteiger partial charge is 0.253 e. The van der Waals surface area contributed by atoms with E-state index in [1.54, 1.807) is 18.5 Å². The molecule has 0 atom stereocenters. The van der Waals surface area contributed by atoms with Crippen LogP contribution in [-0.4, -0.2) is 10.9 Å². The predicted molar refractivity (Wildman–Crippen MR) is 71.0 cm³/mol. The Morgan fingerprint density at radius 1 is 1.33 bits per heavy atom. The van der Waals surface area contributed by atoms with Gasteiger partial charge in [-0.25, -0.2) is 0 Å². The van der Waals surface area contributed by atoms with E-state index in [4.69, 9.17) is 5.73 Å². The van der Waals surface area contributed by atoms with Crippen molar-refractivity contribution in [3.63, 3.8) is 0 Å². The van der Waals surface area contributed by atoms with Gasteiger partial charge in [-0.15, -0.1) is 0 Å². The molecule has 92 valence electrons. The molecule has 1 amide bonds. The van der Waals surface area contributed by atoms with Crippen molar-refractivity contribution >= 4 is 11.6 Å². The number of para-hydroxylation sites is 1. The number of aromatic nitrogens is 1. The van der Waals surface area contributed by atoms with Crippen LogP contribution in [0.5, 0.6) is 0 Å². The van der Waals surface area contributed by atoms with Crippen molar-refractivity contribution in [1.29, 1.82) is 0 Å². The fraction of sp³-hybridized carbons (Fsp3) is 0.143. The highest BCUT2D eigenvalue weighted by Gasteiger charge is 2.10. The highest BCUT2D eigenvalue weighted by molar-refractivity contribution is 5.99. The maximum Gasteiger partial charge on any atom is 0.253 e. The van der Waals surface area contributed by atoms with Gasteiger partial charge in [-0.05, 0) is 30.2 Å². The van der Waals surface area contributed by atoms with E-state index in [2.05, 4.69) is 10.3 Å². The minimum atomic E-state index is -0.167. The number of carbonyl (C=O) groups excluding carboxylic acids is 1. The summed E-state index contributed by atoms with van der Waals surface area (Å²) in [6.45, 7) is 2.33. The monoisotopic (exact) mass is 241 g/mol. The van der Waals surface area contributed by atoms with Crippen LogP contribution in [0.2, 0.25) is 0 Å². The van der Waals surface area contributed by atoms with Crippen molar-refractivity contribution in [3.8, 4) is 0 Å². The van der Waals surface area contributed by atoms with Crippen molar-refractivity contribution < 1.29 is 4.79 Å². The third kappa shape index (κ3) is 2.66. The minimum absolute atomic E-state index is 0.167. The van der Waals surface area contributed by atoms with Crippen LogP contribution >= 0.6 is 0 Å². The average Bonchev–Trinajstić information content (AvgIpc) is 2.40. The first-order valence-electron chi connectivity index (χ1n) is 5.70. The van der Waals surface area contributed by atoms with Crippen molar-refractivity contribution in [1.82, 2.24) is 10.3 Å². The molecule has 0 saturated carbocycles. The molecule has 1 aromatic carbocycles. The zero-order chi connectivity index (χ0) is 13.0. The van der Waals surface area contributed by atoms with Crippen LogP contribution < -0.4 is 11.1 Å². The molecule has 0 bridgehead atoms. The van der Waals surface area contributed by atoms with E-state index >= 15 is 0 Å². The van der Waals surface area contributed by atoms with Gasteiger partial charge in [0.1, 0.15) is 0 Å². The van der Waals surface area contributed by atoms with Crippen LogP contribution in [0.1, 0.15) is 21.5 Å². The number of pyridine rings is 1. The summed E-state index contributed by atoms with van der Waals surface area (Å²) in [7, 11) is 0. The largest absolute Gasteiger partial charge is 0.398 e. The van der Waals surface area contributed by atoms with Crippen LogP contribution in [-0.2, 0) is 6.54 Å². The van der Waals surface area contributed by atoms with Gasteiger partial charge in [0.15, 0.2) is 0 Å². The number of benzene rings is 1. The molecule has 0 saturated heterocycles. The Hall–Kier alpha value is -2.36. The summed E-state index contributed by atoms with van der Waals surface area (Å²) >= 11 is 0. The number of nitrogens with zero attached hydrogens (tertiary/aromatic N) is 1. The van der Waals surface area contributed by atoms with Crippen LogP contribution in [0.3, 0.4) is 0 Å². The van der Waals surface area contributed by atoms with Gasteiger partial charge in [0.2, 0.25) is 0 Å². The van der Waals surface area contributed by atoms with Crippen LogP contribution in [0, 0.1) is 6.92 Å². The summed E-state index contributed by atoms with van der Waals surface area (Å²) < 4.78 is 0.